The minimum absolute atomic E-state index is 0.0397. The smallest absolute Gasteiger partial charge is 0.362 e. The van der Waals surface area contributed by atoms with Crippen LogP contribution in [0, 0.1) is 0 Å². The molecule has 0 aliphatic heterocycles. The molecule has 342 valence electrons. The first kappa shape index (κ1) is 56.5. The molecule has 60 heavy (non-hydrogen) atoms. The summed E-state index contributed by atoms with van der Waals surface area (Å²) in [7, 11) is 5.51. The Balaban J connectivity index is 4.31. The number of hydrogen-bond donors (Lipinski definition) is 1. The van der Waals surface area contributed by atoms with E-state index in [1.54, 1.807) is 0 Å². The van der Waals surface area contributed by atoms with Crippen LogP contribution in [0.2, 0.25) is 0 Å². The van der Waals surface area contributed by atoms with E-state index >= 15 is 0 Å². The van der Waals surface area contributed by atoms with Crippen LogP contribution in [-0.4, -0.2) is 80.6 Å². The van der Waals surface area contributed by atoms with Crippen molar-refractivity contribution in [3.63, 3.8) is 0 Å². The van der Waals surface area contributed by atoms with Gasteiger partial charge in [-0.25, -0.2) is 4.79 Å². The quantitative estimate of drug-likeness (QED) is 0.0215. The molecule has 0 radical (unpaired) electrons. The Labute approximate surface area is 367 Å². The van der Waals surface area contributed by atoms with Crippen LogP contribution in [0.5, 0.6) is 0 Å². The van der Waals surface area contributed by atoms with E-state index in [0.29, 0.717) is 19.3 Å². The van der Waals surface area contributed by atoms with Gasteiger partial charge in [0.2, 0.25) is 0 Å². The van der Waals surface area contributed by atoms with Gasteiger partial charge >= 0.3 is 17.9 Å². The summed E-state index contributed by atoms with van der Waals surface area (Å²) in [6, 6.07) is -0.627. The molecular formula is C52H88NO7+. The lowest BCUT2D eigenvalue weighted by atomic mass is 10.0. The number of likely N-dealkylation sites (N-methyl/N-ethyl adjacent to an activating group) is 1. The predicted octanol–water partition coefficient (Wildman–Crippen LogP) is 13.3. The molecular weight excluding hydrogens is 751 g/mol. The minimum atomic E-state index is -0.885. The Hall–Kier alpha value is -3.49. The highest BCUT2D eigenvalue weighted by Gasteiger charge is 2.31. The molecule has 0 aromatic rings. The Bertz CT molecular complexity index is 1250. The second-order valence-electron chi connectivity index (χ2n) is 16.7. The normalized spacial score (nSPS) is 13.7. The number of carboxylic acids is 1. The van der Waals surface area contributed by atoms with Crippen molar-refractivity contribution in [2.75, 3.05) is 41.0 Å². The zero-order chi connectivity index (χ0) is 44.2. The molecule has 0 aromatic carbocycles. The Morgan fingerprint density at radius 1 is 0.517 bits per heavy atom. The monoisotopic (exact) mass is 839 g/mol. The molecule has 0 saturated heterocycles. The number of ether oxygens (including phenoxy) is 3. The molecule has 2 unspecified atom stereocenters. The van der Waals surface area contributed by atoms with Gasteiger partial charge in [-0.1, -0.05) is 182 Å². The van der Waals surface area contributed by atoms with E-state index in [4.69, 9.17) is 14.2 Å². The van der Waals surface area contributed by atoms with Crippen molar-refractivity contribution in [1.82, 2.24) is 0 Å². The number of carboxylic acid groups (broad SMARTS) is 1. The molecule has 8 nitrogen and oxygen atoms in total. The fourth-order valence-electron chi connectivity index (χ4n) is 6.56. The maximum absolute atomic E-state index is 12.7. The van der Waals surface area contributed by atoms with E-state index in [9.17, 15) is 19.5 Å². The van der Waals surface area contributed by atoms with Crippen LogP contribution >= 0.6 is 0 Å². The van der Waals surface area contributed by atoms with Gasteiger partial charge in [-0.2, -0.15) is 0 Å². The lowest BCUT2D eigenvalue weighted by Crippen LogP contribution is -2.50. The first-order valence-corrected chi connectivity index (χ1v) is 23.7. The van der Waals surface area contributed by atoms with Crippen molar-refractivity contribution < 1.29 is 38.2 Å². The number of carbonyl (C=O) groups is 3. The van der Waals surface area contributed by atoms with Crippen molar-refractivity contribution in [1.29, 1.82) is 0 Å². The first-order valence-electron chi connectivity index (χ1n) is 23.7. The highest BCUT2D eigenvalue weighted by atomic mass is 16.6. The molecule has 0 amide bonds. The lowest BCUT2D eigenvalue weighted by Gasteiger charge is -2.31. The van der Waals surface area contributed by atoms with Crippen LogP contribution in [0.1, 0.15) is 174 Å². The fraction of sp³-hybridized carbons (Fsp3) is 0.673. The molecule has 0 saturated carbocycles. The largest absolute Gasteiger partial charge is 0.477 e. The van der Waals surface area contributed by atoms with Crippen molar-refractivity contribution in [3.05, 3.63) is 85.1 Å². The van der Waals surface area contributed by atoms with Crippen LogP contribution in [0.4, 0.5) is 0 Å². The number of aliphatic carboxylic acids is 1. The van der Waals surface area contributed by atoms with E-state index in [1.165, 1.54) is 77.0 Å². The summed E-state index contributed by atoms with van der Waals surface area (Å²) in [5.74, 6) is -1.53. The molecule has 0 spiro atoms. The SMILES string of the molecule is CC/C=C/C=C/C=C/C=C/C=C/CCCCCC(=O)OC(COCCC(C(=O)O)[N+](C)(C)C)COC(=O)CCCCCCCCCCCCCCCC/C=C/C/C=C/CC. The first-order chi connectivity index (χ1) is 29.1. The third-order valence-corrected chi connectivity index (χ3v) is 10.2. The van der Waals surface area contributed by atoms with Crippen LogP contribution in [-0.2, 0) is 28.6 Å². The van der Waals surface area contributed by atoms with Gasteiger partial charge in [0.15, 0.2) is 12.1 Å². The number of rotatable bonds is 41. The zero-order valence-corrected chi connectivity index (χ0v) is 38.9. The van der Waals surface area contributed by atoms with Crippen LogP contribution < -0.4 is 0 Å². The van der Waals surface area contributed by atoms with Crippen LogP contribution in [0.15, 0.2) is 85.1 Å². The Kier molecular flexibility index (Phi) is 39.8. The summed E-state index contributed by atoms with van der Waals surface area (Å²) < 4.78 is 17.3. The highest BCUT2D eigenvalue weighted by Crippen LogP contribution is 2.15. The van der Waals surface area contributed by atoms with E-state index in [-0.39, 0.29) is 42.7 Å². The summed E-state index contributed by atoms with van der Waals surface area (Å²) in [4.78, 5) is 37.1. The predicted molar refractivity (Wildman–Crippen MR) is 252 cm³/mol. The maximum Gasteiger partial charge on any atom is 0.362 e. The van der Waals surface area contributed by atoms with Gasteiger partial charge < -0.3 is 23.8 Å². The van der Waals surface area contributed by atoms with Gasteiger partial charge in [0.1, 0.15) is 6.61 Å². The van der Waals surface area contributed by atoms with Gasteiger partial charge in [0.25, 0.3) is 0 Å². The number of quaternary nitrogens is 1. The third-order valence-electron chi connectivity index (χ3n) is 10.2. The van der Waals surface area contributed by atoms with Crippen molar-refractivity contribution in [2.24, 2.45) is 0 Å². The van der Waals surface area contributed by atoms with E-state index in [0.717, 1.165) is 57.8 Å². The average Bonchev–Trinajstić information content (AvgIpc) is 3.21. The summed E-state index contributed by atoms with van der Waals surface area (Å²) in [5.41, 5.74) is 0. The second-order valence-corrected chi connectivity index (χ2v) is 16.7. The molecule has 0 aromatic heterocycles. The maximum atomic E-state index is 12.7. The van der Waals surface area contributed by atoms with Gasteiger partial charge in [-0.05, 0) is 57.8 Å². The fourth-order valence-corrected chi connectivity index (χ4v) is 6.56. The van der Waals surface area contributed by atoms with Crippen LogP contribution in [0.25, 0.3) is 0 Å². The number of nitrogens with zero attached hydrogens (tertiary/aromatic N) is 1. The number of allylic oxidation sites excluding steroid dienone is 14. The van der Waals surface area contributed by atoms with Crippen molar-refractivity contribution in [3.8, 4) is 0 Å². The molecule has 0 fully saturated rings. The molecule has 2 atom stereocenters. The van der Waals surface area contributed by atoms with E-state index in [1.807, 2.05) is 69.8 Å². The van der Waals surface area contributed by atoms with Gasteiger partial charge in [0.05, 0.1) is 34.4 Å². The van der Waals surface area contributed by atoms with Crippen LogP contribution in [0.3, 0.4) is 0 Å². The molecule has 1 N–H and O–H groups in total. The molecule has 0 heterocycles. The van der Waals surface area contributed by atoms with Gasteiger partial charge in [0, 0.05) is 19.3 Å². The molecule has 0 rings (SSSR count). The molecule has 8 heteroatoms. The second kappa shape index (κ2) is 42.2. The third kappa shape index (κ3) is 39.9. The number of unbranched alkanes of at least 4 members (excludes halogenated alkanes) is 17. The van der Waals surface area contributed by atoms with Crippen molar-refractivity contribution >= 4 is 17.9 Å². The lowest BCUT2D eigenvalue weighted by molar-refractivity contribution is -0.887. The highest BCUT2D eigenvalue weighted by molar-refractivity contribution is 5.72. The number of esters is 2. The number of hydrogen-bond acceptors (Lipinski definition) is 6. The Morgan fingerprint density at radius 2 is 0.967 bits per heavy atom. The van der Waals surface area contributed by atoms with Crippen molar-refractivity contribution in [2.45, 2.75) is 187 Å². The Morgan fingerprint density at radius 3 is 1.50 bits per heavy atom. The summed E-state index contributed by atoms with van der Waals surface area (Å²) in [6.07, 6.45) is 54.9. The zero-order valence-electron chi connectivity index (χ0n) is 38.9. The topological polar surface area (TPSA) is 99.1 Å². The molecule has 0 bridgehead atoms. The minimum Gasteiger partial charge on any atom is -0.477 e. The van der Waals surface area contributed by atoms with Gasteiger partial charge in [-0.15, -0.1) is 0 Å². The summed E-state index contributed by atoms with van der Waals surface area (Å²) >= 11 is 0. The van der Waals surface area contributed by atoms with Gasteiger partial charge in [-0.3, -0.25) is 9.59 Å². The summed E-state index contributed by atoms with van der Waals surface area (Å²) in [6.45, 7) is 4.44. The molecule has 0 aliphatic rings. The standard InChI is InChI=1S/C52H87NO7/c1-6-8-10-12-14-16-18-20-22-23-24-25-26-27-29-30-32-34-36-38-40-42-50(54)59-47-48(46-58-45-44-49(52(56)57)53(3,4)5)60-51(55)43-41-39-37-35-33-31-28-21-19-17-15-13-11-9-7-2/h8-11,13-17,19,21,28,31,33,48-49H,6-7,12,18,20,22-27,29-30,32,34-47H2,1-5H3/p+1/b10-8+,11-9+,15-13+,16-14+,19-17+,28-21+,33-31+. The number of carbonyl (C=O) groups excluding carboxylic acids is 2. The summed E-state index contributed by atoms with van der Waals surface area (Å²) in [5, 5.41) is 9.63. The van der Waals surface area contributed by atoms with E-state index in [2.05, 4.69) is 50.3 Å². The molecule has 0 aliphatic carbocycles. The van der Waals surface area contributed by atoms with E-state index < -0.39 is 18.1 Å². The average molecular weight is 839 g/mol.